The van der Waals surface area contributed by atoms with Gasteiger partial charge < -0.3 is 5.32 Å². The van der Waals surface area contributed by atoms with E-state index in [-0.39, 0.29) is 23.6 Å². The van der Waals surface area contributed by atoms with E-state index >= 15 is 0 Å². The molecule has 1 unspecified atom stereocenters. The average molecular weight is 465 g/mol. The van der Waals surface area contributed by atoms with Crippen LogP contribution in [0, 0.1) is 0 Å². The molecule has 5 rings (SSSR count). The second kappa shape index (κ2) is 9.80. The second-order valence-corrected chi connectivity index (χ2v) is 9.08. The van der Waals surface area contributed by atoms with Gasteiger partial charge in [0, 0.05) is 40.9 Å². The molecule has 1 atom stereocenters. The predicted octanol–water partition coefficient (Wildman–Crippen LogP) is 5.11. The van der Waals surface area contributed by atoms with Crippen molar-refractivity contribution in [2.75, 3.05) is 13.1 Å². The lowest BCUT2D eigenvalue weighted by Gasteiger charge is -2.34. The zero-order valence-electron chi connectivity index (χ0n) is 19.8. The van der Waals surface area contributed by atoms with Gasteiger partial charge in [-0.1, -0.05) is 74.0 Å². The van der Waals surface area contributed by atoms with Crippen LogP contribution >= 0.6 is 0 Å². The molecule has 35 heavy (non-hydrogen) atoms. The monoisotopic (exact) mass is 464 g/mol. The largest absolute Gasteiger partial charge is 0.336 e. The lowest BCUT2D eigenvalue weighted by molar-refractivity contribution is 0.0848. The van der Waals surface area contributed by atoms with E-state index in [9.17, 15) is 14.4 Å². The summed E-state index contributed by atoms with van der Waals surface area (Å²) in [5, 5.41) is 3.17. The summed E-state index contributed by atoms with van der Waals surface area (Å²) in [7, 11) is 0. The van der Waals surface area contributed by atoms with Gasteiger partial charge in [0.25, 0.3) is 5.91 Å². The fourth-order valence-corrected chi connectivity index (χ4v) is 4.98. The van der Waals surface area contributed by atoms with Crippen LogP contribution in [0.5, 0.6) is 0 Å². The van der Waals surface area contributed by atoms with Gasteiger partial charge in [-0.25, -0.2) is 0 Å². The van der Waals surface area contributed by atoms with Crippen LogP contribution in [0.25, 0.3) is 5.57 Å². The highest BCUT2D eigenvalue weighted by Crippen LogP contribution is 2.28. The minimum atomic E-state index is -0.233. The standard InChI is InChI=1S/C30H28N2O3/c1-2-8-27(32-17-15-21(16-18-32)20-9-4-3-5-10-20)31-30(35)22-13-14-25-26(19-22)29(34)24-12-7-6-11-23(24)28(25)33/h3-7,9-15,19,27H,2,8,16-18H2,1H3,(H,31,35). The van der Waals surface area contributed by atoms with Gasteiger partial charge in [-0.2, -0.15) is 0 Å². The van der Waals surface area contributed by atoms with Crippen molar-refractivity contribution in [3.05, 3.63) is 112 Å². The maximum absolute atomic E-state index is 13.2. The van der Waals surface area contributed by atoms with Gasteiger partial charge in [0.15, 0.2) is 11.6 Å². The van der Waals surface area contributed by atoms with E-state index < -0.39 is 0 Å². The van der Waals surface area contributed by atoms with Crippen LogP contribution in [0.15, 0.2) is 78.9 Å². The summed E-state index contributed by atoms with van der Waals surface area (Å²) in [5.74, 6) is -0.631. The van der Waals surface area contributed by atoms with Gasteiger partial charge >= 0.3 is 0 Å². The molecule has 0 saturated carbocycles. The first-order valence-corrected chi connectivity index (χ1v) is 12.2. The van der Waals surface area contributed by atoms with Crippen molar-refractivity contribution in [2.24, 2.45) is 0 Å². The number of nitrogens with one attached hydrogen (secondary N) is 1. The van der Waals surface area contributed by atoms with Crippen LogP contribution in [0.3, 0.4) is 0 Å². The third kappa shape index (κ3) is 4.47. The van der Waals surface area contributed by atoms with Crippen LogP contribution in [0.2, 0.25) is 0 Å². The summed E-state index contributed by atoms with van der Waals surface area (Å²) in [6.07, 6.45) is 4.83. The lowest BCUT2D eigenvalue weighted by Crippen LogP contribution is -2.49. The molecule has 1 heterocycles. The normalized spacial score (nSPS) is 16.2. The fourth-order valence-electron chi connectivity index (χ4n) is 4.98. The fraction of sp³-hybridized carbons (Fsp3) is 0.233. The Morgan fingerprint density at radius 3 is 2.20 bits per heavy atom. The molecule has 0 aromatic heterocycles. The van der Waals surface area contributed by atoms with E-state index in [1.807, 2.05) is 6.07 Å². The van der Waals surface area contributed by atoms with Crippen molar-refractivity contribution >= 4 is 23.0 Å². The zero-order chi connectivity index (χ0) is 24.4. The Kier molecular flexibility index (Phi) is 6.43. The van der Waals surface area contributed by atoms with Gasteiger partial charge in [0.05, 0.1) is 6.17 Å². The van der Waals surface area contributed by atoms with E-state index in [4.69, 9.17) is 0 Å². The number of hydrogen-bond donors (Lipinski definition) is 1. The third-order valence-electron chi connectivity index (χ3n) is 6.87. The number of carbonyl (C=O) groups excluding carboxylic acids is 3. The van der Waals surface area contributed by atoms with Crippen molar-refractivity contribution in [2.45, 2.75) is 32.4 Å². The maximum Gasteiger partial charge on any atom is 0.252 e. The first-order chi connectivity index (χ1) is 17.1. The molecule has 5 heteroatoms. The summed E-state index contributed by atoms with van der Waals surface area (Å²) < 4.78 is 0. The van der Waals surface area contributed by atoms with E-state index in [1.165, 1.54) is 11.1 Å². The Bertz CT molecular complexity index is 1330. The lowest BCUT2D eigenvalue weighted by atomic mass is 9.83. The van der Waals surface area contributed by atoms with Gasteiger partial charge in [-0.15, -0.1) is 0 Å². The van der Waals surface area contributed by atoms with Gasteiger partial charge in [-0.05, 0) is 42.2 Å². The molecule has 3 aromatic rings. The van der Waals surface area contributed by atoms with Crippen molar-refractivity contribution in [3.63, 3.8) is 0 Å². The Morgan fingerprint density at radius 1 is 0.886 bits per heavy atom. The molecule has 5 nitrogen and oxygen atoms in total. The Labute approximate surface area is 205 Å². The Balaban J connectivity index is 1.33. The first-order valence-electron chi connectivity index (χ1n) is 12.2. The highest BCUT2D eigenvalue weighted by molar-refractivity contribution is 6.28. The van der Waals surface area contributed by atoms with Crippen molar-refractivity contribution in [3.8, 4) is 0 Å². The second-order valence-electron chi connectivity index (χ2n) is 9.08. The number of nitrogens with zero attached hydrogens (tertiary/aromatic N) is 1. The smallest absolute Gasteiger partial charge is 0.252 e. The SMILES string of the molecule is CCCC(NC(=O)c1ccc2c(c1)C(=O)c1ccccc1C2=O)N1CC=C(c2ccccc2)CC1. The van der Waals surface area contributed by atoms with Crippen LogP contribution in [-0.2, 0) is 0 Å². The minimum Gasteiger partial charge on any atom is -0.336 e. The number of carbonyl (C=O) groups is 3. The highest BCUT2D eigenvalue weighted by Gasteiger charge is 2.30. The van der Waals surface area contributed by atoms with Gasteiger partial charge in [0.1, 0.15) is 0 Å². The molecule has 0 radical (unpaired) electrons. The molecule has 2 aliphatic rings. The summed E-state index contributed by atoms with van der Waals surface area (Å²) >= 11 is 0. The molecular formula is C30H28N2O3. The summed E-state index contributed by atoms with van der Waals surface area (Å²) in [4.78, 5) is 41.4. The maximum atomic E-state index is 13.2. The van der Waals surface area contributed by atoms with Crippen LogP contribution in [0.1, 0.15) is 74.0 Å². The molecule has 1 aliphatic heterocycles. The third-order valence-corrected chi connectivity index (χ3v) is 6.87. The molecule has 1 amide bonds. The first kappa shape index (κ1) is 22.9. The van der Waals surface area contributed by atoms with Crippen LogP contribution < -0.4 is 5.32 Å². The molecule has 3 aromatic carbocycles. The molecule has 1 N–H and O–H groups in total. The predicted molar refractivity (Wildman–Crippen MR) is 137 cm³/mol. The molecule has 0 saturated heterocycles. The van der Waals surface area contributed by atoms with Crippen molar-refractivity contribution < 1.29 is 14.4 Å². The molecular weight excluding hydrogens is 436 g/mol. The Hall–Kier alpha value is -3.83. The summed E-state index contributed by atoms with van der Waals surface area (Å²) in [6.45, 7) is 3.73. The topological polar surface area (TPSA) is 66.5 Å². The quantitative estimate of drug-likeness (QED) is 0.431. The summed E-state index contributed by atoms with van der Waals surface area (Å²) in [6, 6.07) is 22.0. The average Bonchev–Trinajstić information content (AvgIpc) is 2.92. The number of benzene rings is 3. The number of hydrogen-bond acceptors (Lipinski definition) is 4. The van der Waals surface area contributed by atoms with Crippen LogP contribution in [-0.4, -0.2) is 41.6 Å². The highest BCUT2D eigenvalue weighted by atomic mass is 16.2. The minimum absolute atomic E-state index is 0.102. The van der Waals surface area contributed by atoms with E-state index in [2.05, 4.69) is 47.5 Å². The van der Waals surface area contributed by atoms with Gasteiger partial charge in [-0.3, -0.25) is 19.3 Å². The Morgan fingerprint density at radius 2 is 1.54 bits per heavy atom. The van der Waals surface area contributed by atoms with E-state index in [1.54, 1.807) is 42.5 Å². The zero-order valence-corrected chi connectivity index (χ0v) is 19.8. The van der Waals surface area contributed by atoms with Crippen molar-refractivity contribution in [1.82, 2.24) is 10.2 Å². The summed E-state index contributed by atoms with van der Waals surface area (Å²) in [5.41, 5.74) is 4.42. The molecule has 0 bridgehead atoms. The van der Waals surface area contributed by atoms with Gasteiger partial charge in [0.2, 0.25) is 0 Å². The number of ketones is 2. The van der Waals surface area contributed by atoms with E-state index in [0.29, 0.717) is 27.8 Å². The number of amides is 1. The van der Waals surface area contributed by atoms with E-state index in [0.717, 1.165) is 32.4 Å². The number of rotatable bonds is 6. The molecule has 176 valence electrons. The molecule has 0 spiro atoms. The molecule has 0 fully saturated rings. The van der Waals surface area contributed by atoms with Crippen molar-refractivity contribution in [1.29, 1.82) is 0 Å². The molecule has 1 aliphatic carbocycles. The number of fused-ring (bicyclic) bond motifs is 2. The van der Waals surface area contributed by atoms with Crippen LogP contribution in [0.4, 0.5) is 0 Å².